The van der Waals surface area contributed by atoms with E-state index in [1.54, 1.807) is 18.2 Å². The molecule has 4 heteroatoms. The average molecular weight is 273 g/mol. The predicted molar refractivity (Wildman–Crippen MR) is 72.3 cm³/mol. The summed E-state index contributed by atoms with van der Waals surface area (Å²) in [4.78, 5) is 0. The average Bonchev–Trinajstić information content (AvgIpc) is 2.37. The van der Waals surface area contributed by atoms with Crippen LogP contribution in [-0.2, 0) is 0 Å². The van der Waals surface area contributed by atoms with Crippen LogP contribution in [-0.4, -0.2) is 6.10 Å². The van der Waals surface area contributed by atoms with Gasteiger partial charge in [0.1, 0.15) is 23.5 Å². The van der Waals surface area contributed by atoms with Crippen LogP contribution in [0.25, 0.3) is 11.1 Å². The molecular weight excluding hydrogens is 260 g/mol. The van der Waals surface area contributed by atoms with Gasteiger partial charge in [-0.05, 0) is 49.2 Å². The normalized spacial score (nSPS) is 10.4. The van der Waals surface area contributed by atoms with Crippen molar-refractivity contribution in [2.75, 3.05) is 0 Å². The van der Waals surface area contributed by atoms with E-state index in [9.17, 15) is 8.78 Å². The molecule has 20 heavy (non-hydrogen) atoms. The molecule has 0 spiro atoms. The first kappa shape index (κ1) is 14.0. The molecule has 2 aromatic rings. The molecule has 0 saturated heterocycles. The Morgan fingerprint density at radius 1 is 1.00 bits per heavy atom. The Morgan fingerprint density at radius 3 is 2.20 bits per heavy atom. The standard InChI is InChI=1S/C16H13F2NO/c1-10(2)20-16-4-3-11(5-13(16)9-19)12-6-14(17)8-15(18)7-12/h3-8,10H,1-2H3. The number of nitrogens with zero attached hydrogens (tertiary/aromatic N) is 1. The van der Waals surface area contributed by atoms with E-state index in [2.05, 4.69) is 0 Å². The summed E-state index contributed by atoms with van der Waals surface area (Å²) in [5, 5.41) is 9.13. The zero-order valence-corrected chi connectivity index (χ0v) is 11.2. The van der Waals surface area contributed by atoms with Gasteiger partial charge in [0, 0.05) is 6.07 Å². The van der Waals surface area contributed by atoms with Gasteiger partial charge in [-0.3, -0.25) is 0 Å². The third-order valence-electron chi connectivity index (χ3n) is 2.66. The van der Waals surface area contributed by atoms with Gasteiger partial charge in [0.15, 0.2) is 0 Å². The van der Waals surface area contributed by atoms with Crippen LogP contribution in [0.1, 0.15) is 19.4 Å². The van der Waals surface area contributed by atoms with Crippen molar-refractivity contribution in [2.24, 2.45) is 0 Å². The van der Waals surface area contributed by atoms with Gasteiger partial charge in [0.05, 0.1) is 11.7 Å². The van der Waals surface area contributed by atoms with E-state index in [0.29, 0.717) is 22.4 Å². The van der Waals surface area contributed by atoms with Crippen molar-refractivity contribution in [3.8, 4) is 22.9 Å². The summed E-state index contributed by atoms with van der Waals surface area (Å²) in [5.74, 6) is -0.842. The molecule has 0 unspecified atom stereocenters. The fourth-order valence-electron chi connectivity index (χ4n) is 1.87. The molecule has 2 aromatic carbocycles. The van der Waals surface area contributed by atoms with Gasteiger partial charge in [-0.2, -0.15) is 5.26 Å². The van der Waals surface area contributed by atoms with Gasteiger partial charge in [-0.1, -0.05) is 6.07 Å². The molecule has 0 atom stereocenters. The molecule has 0 amide bonds. The van der Waals surface area contributed by atoms with Crippen LogP contribution >= 0.6 is 0 Å². The summed E-state index contributed by atoms with van der Waals surface area (Å²) < 4.78 is 31.9. The van der Waals surface area contributed by atoms with Crippen LogP contribution < -0.4 is 4.74 Å². The Labute approximate surface area is 116 Å². The van der Waals surface area contributed by atoms with E-state index < -0.39 is 11.6 Å². The minimum Gasteiger partial charge on any atom is -0.490 e. The Balaban J connectivity index is 2.46. The lowest BCUT2D eigenvalue weighted by molar-refractivity contribution is 0.242. The first-order valence-corrected chi connectivity index (χ1v) is 6.17. The molecular formula is C16H13F2NO. The van der Waals surface area contributed by atoms with Crippen molar-refractivity contribution in [2.45, 2.75) is 20.0 Å². The van der Waals surface area contributed by atoms with E-state index in [0.717, 1.165) is 6.07 Å². The largest absolute Gasteiger partial charge is 0.490 e. The Kier molecular flexibility index (Phi) is 3.99. The highest BCUT2D eigenvalue weighted by molar-refractivity contribution is 5.67. The molecule has 0 fully saturated rings. The van der Waals surface area contributed by atoms with Gasteiger partial charge in [-0.15, -0.1) is 0 Å². The Bertz CT molecular complexity index is 654. The maximum atomic E-state index is 13.2. The molecule has 0 radical (unpaired) electrons. The molecule has 0 aliphatic heterocycles. The zero-order valence-electron chi connectivity index (χ0n) is 11.2. The Hall–Kier alpha value is -2.41. The van der Waals surface area contributed by atoms with Crippen molar-refractivity contribution in [3.63, 3.8) is 0 Å². The van der Waals surface area contributed by atoms with Gasteiger partial charge in [0.25, 0.3) is 0 Å². The van der Waals surface area contributed by atoms with Crippen molar-refractivity contribution in [1.82, 2.24) is 0 Å². The molecule has 0 N–H and O–H groups in total. The SMILES string of the molecule is CC(C)Oc1ccc(-c2cc(F)cc(F)c2)cc1C#N. The van der Waals surface area contributed by atoms with Gasteiger partial charge in [0.2, 0.25) is 0 Å². The first-order chi connectivity index (χ1) is 9.49. The maximum absolute atomic E-state index is 13.2. The molecule has 102 valence electrons. The molecule has 0 heterocycles. The molecule has 2 nitrogen and oxygen atoms in total. The lowest BCUT2D eigenvalue weighted by Crippen LogP contribution is -2.06. The van der Waals surface area contributed by atoms with Gasteiger partial charge < -0.3 is 4.74 Å². The topological polar surface area (TPSA) is 33.0 Å². The third kappa shape index (κ3) is 3.12. The molecule has 0 aliphatic rings. The van der Waals surface area contributed by atoms with Crippen LogP contribution in [0.15, 0.2) is 36.4 Å². The van der Waals surface area contributed by atoms with Crippen LogP contribution in [0, 0.1) is 23.0 Å². The summed E-state index contributed by atoms with van der Waals surface area (Å²) in [5.41, 5.74) is 1.28. The molecule has 2 rings (SSSR count). The van der Waals surface area contributed by atoms with Gasteiger partial charge in [-0.25, -0.2) is 8.78 Å². The van der Waals surface area contributed by atoms with Crippen LogP contribution in [0.3, 0.4) is 0 Å². The second kappa shape index (κ2) is 5.70. The van der Waals surface area contributed by atoms with Crippen LogP contribution in [0.2, 0.25) is 0 Å². The summed E-state index contributed by atoms with van der Waals surface area (Å²) in [7, 11) is 0. The maximum Gasteiger partial charge on any atom is 0.137 e. The Morgan fingerprint density at radius 2 is 1.65 bits per heavy atom. The predicted octanol–water partition coefficient (Wildman–Crippen LogP) is 4.29. The number of rotatable bonds is 3. The number of ether oxygens (including phenoxy) is 1. The quantitative estimate of drug-likeness (QED) is 0.835. The first-order valence-electron chi connectivity index (χ1n) is 6.17. The summed E-state index contributed by atoms with van der Waals surface area (Å²) >= 11 is 0. The highest BCUT2D eigenvalue weighted by atomic mass is 19.1. The van der Waals surface area contributed by atoms with Gasteiger partial charge >= 0.3 is 0 Å². The van der Waals surface area contributed by atoms with E-state index >= 15 is 0 Å². The highest BCUT2D eigenvalue weighted by Gasteiger charge is 2.09. The van der Waals surface area contributed by atoms with Crippen molar-refractivity contribution < 1.29 is 13.5 Å². The third-order valence-corrected chi connectivity index (χ3v) is 2.66. The fraction of sp³-hybridized carbons (Fsp3) is 0.188. The smallest absolute Gasteiger partial charge is 0.137 e. The summed E-state index contributed by atoms with van der Waals surface area (Å²) in [6.45, 7) is 3.72. The second-order valence-electron chi connectivity index (χ2n) is 4.65. The molecule has 0 aromatic heterocycles. The number of benzene rings is 2. The minimum atomic E-state index is -0.652. The van der Waals surface area contributed by atoms with E-state index in [1.165, 1.54) is 12.1 Å². The number of nitriles is 1. The number of hydrogen-bond acceptors (Lipinski definition) is 2. The lowest BCUT2D eigenvalue weighted by Gasteiger charge is -2.12. The summed E-state index contributed by atoms with van der Waals surface area (Å²) in [6.07, 6.45) is -0.0560. The van der Waals surface area contributed by atoms with Crippen molar-refractivity contribution >= 4 is 0 Å². The molecule has 0 bridgehead atoms. The number of halogens is 2. The minimum absolute atomic E-state index is 0.0560. The van der Waals surface area contributed by atoms with Crippen molar-refractivity contribution in [1.29, 1.82) is 5.26 Å². The van der Waals surface area contributed by atoms with Crippen molar-refractivity contribution in [3.05, 3.63) is 53.6 Å². The van der Waals surface area contributed by atoms with E-state index in [4.69, 9.17) is 10.00 Å². The summed E-state index contributed by atoms with van der Waals surface area (Å²) in [6, 6.07) is 10.2. The fourth-order valence-corrected chi connectivity index (χ4v) is 1.87. The molecule has 0 saturated carbocycles. The monoisotopic (exact) mass is 273 g/mol. The van der Waals surface area contributed by atoms with E-state index in [1.807, 2.05) is 19.9 Å². The van der Waals surface area contributed by atoms with Crippen LogP contribution in [0.5, 0.6) is 5.75 Å². The van der Waals surface area contributed by atoms with E-state index in [-0.39, 0.29) is 6.10 Å². The second-order valence-corrected chi connectivity index (χ2v) is 4.65. The van der Waals surface area contributed by atoms with Crippen LogP contribution in [0.4, 0.5) is 8.78 Å². The zero-order chi connectivity index (χ0) is 14.7. The highest BCUT2D eigenvalue weighted by Crippen LogP contribution is 2.28. The lowest BCUT2D eigenvalue weighted by atomic mass is 10.0. The molecule has 0 aliphatic carbocycles. The number of hydrogen-bond donors (Lipinski definition) is 0.